The maximum atomic E-state index is 13.9. The fourth-order valence-corrected chi connectivity index (χ4v) is 1.72. The Kier molecular flexibility index (Phi) is 3.06. The van der Waals surface area contributed by atoms with Crippen LogP contribution in [0.15, 0.2) is 18.2 Å². The number of alkyl carbamates (subject to hydrolysis) is 1. The molecule has 1 saturated heterocycles. The van der Waals surface area contributed by atoms with Crippen LogP contribution in [0.3, 0.4) is 0 Å². The van der Waals surface area contributed by atoms with Gasteiger partial charge in [-0.1, -0.05) is 12.1 Å². The number of alkyl halides is 2. The molecule has 1 N–H and O–H groups in total. The van der Waals surface area contributed by atoms with Crippen molar-refractivity contribution in [3.8, 4) is 5.75 Å². The zero-order chi connectivity index (χ0) is 13.3. The Hall–Kier alpha value is -1.92. The van der Waals surface area contributed by atoms with Gasteiger partial charge in [0, 0.05) is 5.56 Å². The van der Waals surface area contributed by atoms with Gasteiger partial charge in [0.1, 0.15) is 6.04 Å². The van der Waals surface area contributed by atoms with E-state index in [1.54, 1.807) is 0 Å². The van der Waals surface area contributed by atoms with Crippen LogP contribution in [0.2, 0.25) is 0 Å². The molecule has 1 atom stereocenters. The molecule has 0 radical (unpaired) electrons. The second-order valence-corrected chi connectivity index (χ2v) is 3.78. The Labute approximate surface area is 101 Å². The van der Waals surface area contributed by atoms with Crippen LogP contribution in [0.4, 0.5) is 18.0 Å². The third-order valence-electron chi connectivity index (χ3n) is 2.60. The number of carbonyl (C=O) groups excluding carboxylic acids is 1. The van der Waals surface area contributed by atoms with Gasteiger partial charge in [0.25, 0.3) is 0 Å². The molecule has 0 aliphatic carbocycles. The van der Waals surface area contributed by atoms with E-state index in [0.29, 0.717) is 0 Å². The predicted molar refractivity (Wildman–Crippen MR) is 55.1 cm³/mol. The van der Waals surface area contributed by atoms with Crippen molar-refractivity contribution in [2.24, 2.45) is 0 Å². The number of amides is 1. The van der Waals surface area contributed by atoms with Gasteiger partial charge in [-0.25, -0.2) is 18.0 Å². The van der Waals surface area contributed by atoms with Gasteiger partial charge in [-0.2, -0.15) is 0 Å². The summed E-state index contributed by atoms with van der Waals surface area (Å²) in [6.07, 6.45) is -1.01. The first kappa shape index (κ1) is 12.5. The van der Waals surface area contributed by atoms with E-state index in [4.69, 9.17) is 4.74 Å². The van der Waals surface area contributed by atoms with Crippen LogP contribution >= 0.6 is 0 Å². The maximum Gasteiger partial charge on any atom is 0.408 e. The van der Waals surface area contributed by atoms with E-state index in [2.05, 4.69) is 4.74 Å². The molecule has 0 unspecified atom stereocenters. The largest absolute Gasteiger partial charge is 0.494 e. The molecule has 1 aromatic carbocycles. The van der Waals surface area contributed by atoms with Crippen LogP contribution < -0.4 is 10.1 Å². The normalized spacial score (nSPS) is 22.0. The molecular formula is C11H10F3NO3. The third kappa shape index (κ3) is 2.07. The number of hydrogen-bond donors (Lipinski definition) is 1. The summed E-state index contributed by atoms with van der Waals surface area (Å²) < 4.78 is 50.0. The van der Waals surface area contributed by atoms with Gasteiger partial charge < -0.3 is 14.8 Å². The van der Waals surface area contributed by atoms with E-state index in [1.165, 1.54) is 25.3 Å². The standard InChI is InChI=1S/C11H10F3NO3/c1-17-7-4-2-3-6(8(7)12)9-11(13,14)5-18-10(16)15-9/h2-4,9H,5H2,1H3,(H,15,16)/t9-/m0/s1. The monoisotopic (exact) mass is 261 g/mol. The average molecular weight is 261 g/mol. The van der Waals surface area contributed by atoms with Crippen LogP contribution in [-0.2, 0) is 4.74 Å². The summed E-state index contributed by atoms with van der Waals surface area (Å²) in [5, 5.41) is 1.91. The fourth-order valence-electron chi connectivity index (χ4n) is 1.72. The van der Waals surface area contributed by atoms with Gasteiger partial charge in [0.2, 0.25) is 0 Å². The lowest BCUT2D eigenvalue weighted by Gasteiger charge is -2.32. The molecular weight excluding hydrogens is 251 g/mol. The highest BCUT2D eigenvalue weighted by molar-refractivity contribution is 5.69. The van der Waals surface area contributed by atoms with E-state index in [9.17, 15) is 18.0 Å². The average Bonchev–Trinajstić information content (AvgIpc) is 2.33. The zero-order valence-corrected chi connectivity index (χ0v) is 9.38. The van der Waals surface area contributed by atoms with Crippen LogP contribution in [0.25, 0.3) is 0 Å². The van der Waals surface area contributed by atoms with Crippen LogP contribution in [0.5, 0.6) is 5.75 Å². The minimum absolute atomic E-state index is 0.163. The molecule has 0 spiro atoms. The highest BCUT2D eigenvalue weighted by Gasteiger charge is 2.48. The highest BCUT2D eigenvalue weighted by Crippen LogP contribution is 2.37. The molecule has 1 aliphatic heterocycles. The van der Waals surface area contributed by atoms with Crippen molar-refractivity contribution in [3.63, 3.8) is 0 Å². The lowest BCUT2D eigenvalue weighted by atomic mass is 9.99. The molecule has 1 fully saturated rings. The van der Waals surface area contributed by atoms with Gasteiger partial charge in [-0.05, 0) is 6.07 Å². The van der Waals surface area contributed by atoms with Crippen molar-refractivity contribution in [2.45, 2.75) is 12.0 Å². The number of benzene rings is 1. The minimum atomic E-state index is -3.39. The molecule has 1 aromatic rings. The number of hydrogen-bond acceptors (Lipinski definition) is 3. The van der Waals surface area contributed by atoms with E-state index < -0.39 is 30.5 Å². The summed E-state index contributed by atoms with van der Waals surface area (Å²) in [5.74, 6) is -4.47. The van der Waals surface area contributed by atoms with Crippen molar-refractivity contribution in [3.05, 3.63) is 29.6 Å². The Morgan fingerprint density at radius 2 is 2.22 bits per heavy atom. The van der Waals surface area contributed by atoms with Crippen molar-refractivity contribution in [2.75, 3.05) is 13.7 Å². The minimum Gasteiger partial charge on any atom is -0.494 e. The van der Waals surface area contributed by atoms with Crippen molar-refractivity contribution in [1.29, 1.82) is 0 Å². The molecule has 4 nitrogen and oxygen atoms in total. The number of ether oxygens (including phenoxy) is 2. The van der Waals surface area contributed by atoms with Gasteiger partial charge in [0.15, 0.2) is 18.2 Å². The Bertz CT molecular complexity index is 479. The number of carbonyl (C=O) groups is 1. The molecule has 18 heavy (non-hydrogen) atoms. The summed E-state index contributed by atoms with van der Waals surface area (Å²) in [7, 11) is 1.23. The number of methoxy groups -OCH3 is 1. The number of halogens is 3. The lowest BCUT2D eigenvalue weighted by molar-refractivity contribution is -0.105. The summed E-state index contributed by atoms with van der Waals surface area (Å²) >= 11 is 0. The van der Waals surface area contributed by atoms with Crippen LogP contribution in [0, 0.1) is 5.82 Å². The van der Waals surface area contributed by atoms with Crippen LogP contribution in [-0.4, -0.2) is 25.7 Å². The quantitative estimate of drug-likeness (QED) is 0.888. The molecule has 98 valence electrons. The first-order chi connectivity index (χ1) is 8.45. The topological polar surface area (TPSA) is 47.6 Å². The number of cyclic esters (lactones) is 1. The van der Waals surface area contributed by atoms with Gasteiger partial charge in [0.05, 0.1) is 7.11 Å². The maximum absolute atomic E-state index is 13.9. The van der Waals surface area contributed by atoms with Crippen molar-refractivity contribution >= 4 is 6.09 Å². The summed E-state index contributed by atoms with van der Waals surface area (Å²) in [5.41, 5.74) is -0.337. The van der Waals surface area contributed by atoms with Gasteiger partial charge in [-0.3, -0.25) is 0 Å². The van der Waals surface area contributed by atoms with E-state index >= 15 is 0 Å². The van der Waals surface area contributed by atoms with E-state index in [0.717, 1.165) is 0 Å². The zero-order valence-electron chi connectivity index (χ0n) is 9.38. The molecule has 0 aromatic heterocycles. The van der Waals surface area contributed by atoms with Gasteiger partial charge >= 0.3 is 12.0 Å². The summed E-state index contributed by atoms with van der Waals surface area (Å²) in [6, 6.07) is 2.07. The molecule has 7 heteroatoms. The van der Waals surface area contributed by atoms with E-state index in [1.807, 2.05) is 5.32 Å². The first-order valence-corrected chi connectivity index (χ1v) is 5.09. The van der Waals surface area contributed by atoms with Crippen LogP contribution in [0.1, 0.15) is 11.6 Å². The number of nitrogens with one attached hydrogen (secondary N) is 1. The molecule has 0 bridgehead atoms. The second-order valence-electron chi connectivity index (χ2n) is 3.78. The SMILES string of the molecule is COc1cccc([C@@H]2NC(=O)OCC2(F)F)c1F. The highest BCUT2D eigenvalue weighted by atomic mass is 19.3. The summed E-state index contributed by atoms with van der Waals surface area (Å²) in [4.78, 5) is 11.0. The van der Waals surface area contributed by atoms with Gasteiger partial charge in [-0.15, -0.1) is 0 Å². The molecule has 0 saturated carbocycles. The Morgan fingerprint density at radius 3 is 2.89 bits per heavy atom. The molecule has 1 aliphatic rings. The lowest BCUT2D eigenvalue weighted by Crippen LogP contribution is -2.49. The number of rotatable bonds is 2. The van der Waals surface area contributed by atoms with Crippen molar-refractivity contribution in [1.82, 2.24) is 5.32 Å². The van der Waals surface area contributed by atoms with Crippen molar-refractivity contribution < 1.29 is 27.4 Å². The second kappa shape index (κ2) is 4.40. The molecule has 1 amide bonds. The van der Waals surface area contributed by atoms with E-state index in [-0.39, 0.29) is 11.3 Å². The smallest absolute Gasteiger partial charge is 0.408 e. The molecule has 1 heterocycles. The fraction of sp³-hybridized carbons (Fsp3) is 0.364. The molecule has 2 rings (SSSR count). The summed E-state index contributed by atoms with van der Waals surface area (Å²) in [6.45, 7) is -1.08. The third-order valence-corrected chi connectivity index (χ3v) is 2.60. The Balaban J connectivity index is 2.43. The first-order valence-electron chi connectivity index (χ1n) is 5.09. The predicted octanol–water partition coefficient (Wildman–Crippen LogP) is 2.25. The Morgan fingerprint density at radius 1 is 1.50 bits per heavy atom.